The van der Waals surface area contributed by atoms with Crippen molar-refractivity contribution in [3.63, 3.8) is 0 Å². The van der Waals surface area contributed by atoms with Gasteiger partial charge in [-0.05, 0) is 36.8 Å². The van der Waals surface area contributed by atoms with E-state index in [1.54, 1.807) is 18.4 Å². The number of ether oxygens (including phenoxy) is 1. The number of hydrogen-bond donors (Lipinski definition) is 1. The standard InChI is InChI=1S/C10H16O2S/c1-8-5-7-13-10(8)9(11)4-3-6-12-2/h5,7,9,11H,3-4,6H2,1-2H3. The van der Waals surface area contributed by atoms with Gasteiger partial charge < -0.3 is 9.84 Å². The Hall–Kier alpha value is -0.380. The van der Waals surface area contributed by atoms with Crippen LogP contribution in [0.15, 0.2) is 11.4 Å². The molecule has 1 heterocycles. The third-order valence-electron chi connectivity index (χ3n) is 2.03. The van der Waals surface area contributed by atoms with Gasteiger partial charge in [-0.1, -0.05) is 0 Å². The van der Waals surface area contributed by atoms with E-state index < -0.39 is 0 Å². The normalized spacial score (nSPS) is 13.2. The van der Waals surface area contributed by atoms with Crippen molar-refractivity contribution in [2.45, 2.75) is 25.9 Å². The molecule has 0 fully saturated rings. The lowest BCUT2D eigenvalue weighted by Gasteiger charge is -2.08. The van der Waals surface area contributed by atoms with Gasteiger partial charge >= 0.3 is 0 Å². The molecule has 1 unspecified atom stereocenters. The lowest BCUT2D eigenvalue weighted by Crippen LogP contribution is -1.99. The molecule has 2 nitrogen and oxygen atoms in total. The van der Waals surface area contributed by atoms with Crippen LogP contribution in [0.25, 0.3) is 0 Å². The summed E-state index contributed by atoms with van der Waals surface area (Å²) in [5.74, 6) is 0. The van der Waals surface area contributed by atoms with Crippen molar-refractivity contribution < 1.29 is 9.84 Å². The first-order chi connectivity index (χ1) is 6.25. The maximum absolute atomic E-state index is 9.77. The van der Waals surface area contributed by atoms with Crippen molar-refractivity contribution >= 4 is 11.3 Å². The van der Waals surface area contributed by atoms with E-state index in [1.807, 2.05) is 18.4 Å². The highest BCUT2D eigenvalue weighted by Crippen LogP contribution is 2.26. The summed E-state index contributed by atoms with van der Waals surface area (Å²) in [5, 5.41) is 11.8. The molecule has 0 spiro atoms. The fourth-order valence-electron chi connectivity index (χ4n) is 1.28. The zero-order valence-electron chi connectivity index (χ0n) is 8.12. The number of rotatable bonds is 5. The summed E-state index contributed by atoms with van der Waals surface area (Å²) in [6.45, 7) is 2.76. The van der Waals surface area contributed by atoms with Crippen LogP contribution < -0.4 is 0 Å². The van der Waals surface area contributed by atoms with Crippen LogP contribution in [-0.4, -0.2) is 18.8 Å². The predicted molar refractivity (Wildman–Crippen MR) is 55.1 cm³/mol. The van der Waals surface area contributed by atoms with E-state index in [-0.39, 0.29) is 6.10 Å². The molecule has 0 aliphatic carbocycles. The first-order valence-electron chi connectivity index (χ1n) is 4.46. The first kappa shape index (κ1) is 10.7. The average Bonchev–Trinajstić information content (AvgIpc) is 2.52. The van der Waals surface area contributed by atoms with E-state index in [0.29, 0.717) is 0 Å². The lowest BCUT2D eigenvalue weighted by molar-refractivity contribution is 0.138. The third-order valence-corrected chi connectivity index (χ3v) is 3.15. The van der Waals surface area contributed by atoms with E-state index in [4.69, 9.17) is 4.74 Å². The molecular formula is C10H16O2S. The van der Waals surface area contributed by atoms with Gasteiger partial charge in [0.2, 0.25) is 0 Å². The van der Waals surface area contributed by atoms with E-state index in [1.165, 1.54) is 5.56 Å². The van der Waals surface area contributed by atoms with Crippen LogP contribution in [0.2, 0.25) is 0 Å². The second kappa shape index (κ2) is 5.37. The molecule has 1 rings (SSSR count). The molecule has 0 aliphatic rings. The van der Waals surface area contributed by atoms with Crippen LogP contribution in [0, 0.1) is 6.92 Å². The number of aryl methyl sites for hydroxylation is 1. The summed E-state index contributed by atoms with van der Waals surface area (Å²) in [6.07, 6.45) is 1.39. The molecule has 0 saturated carbocycles. The smallest absolute Gasteiger partial charge is 0.0885 e. The highest BCUT2D eigenvalue weighted by Gasteiger charge is 2.10. The molecule has 3 heteroatoms. The SMILES string of the molecule is COCCCC(O)c1sccc1C. The molecular weight excluding hydrogens is 184 g/mol. The van der Waals surface area contributed by atoms with Crippen LogP contribution >= 0.6 is 11.3 Å². The van der Waals surface area contributed by atoms with Crippen LogP contribution in [0.5, 0.6) is 0 Å². The molecule has 0 radical (unpaired) electrons. The third kappa shape index (κ3) is 3.10. The maximum Gasteiger partial charge on any atom is 0.0885 e. The number of aliphatic hydroxyl groups excluding tert-OH is 1. The van der Waals surface area contributed by atoms with Crippen molar-refractivity contribution in [2.24, 2.45) is 0 Å². The van der Waals surface area contributed by atoms with Crippen LogP contribution in [0.4, 0.5) is 0 Å². The largest absolute Gasteiger partial charge is 0.388 e. The van der Waals surface area contributed by atoms with Gasteiger partial charge in [0.15, 0.2) is 0 Å². The Kier molecular flexibility index (Phi) is 4.42. The minimum atomic E-state index is -0.310. The van der Waals surface area contributed by atoms with Crippen molar-refractivity contribution in [1.82, 2.24) is 0 Å². The average molecular weight is 200 g/mol. The zero-order valence-corrected chi connectivity index (χ0v) is 8.93. The summed E-state index contributed by atoms with van der Waals surface area (Å²) in [6, 6.07) is 2.04. The Morgan fingerprint density at radius 2 is 2.38 bits per heavy atom. The van der Waals surface area contributed by atoms with Gasteiger partial charge in [-0.3, -0.25) is 0 Å². The lowest BCUT2D eigenvalue weighted by atomic mass is 10.1. The Bertz CT molecular complexity index is 245. The van der Waals surface area contributed by atoms with Gasteiger partial charge in [-0.15, -0.1) is 11.3 Å². The van der Waals surface area contributed by atoms with E-state index in [9.17, 15) is 5.11 Å². The summed E-state index contributed by atoms with van der Waals surface area (Å²) in [5.41, 5.74) is 1.19. The molecule has 0 aromatic carbocycles. The van der Waals surface area contributed by atoms with Gasteiger partial charge in [-0.25, -0.2) is 0 Å². The molecule has 1 aromatic rings. The van der Waals surface area contributed by atoms with E-state index in [0.717, 1.165) is 24.3 Å². The van der Waals surface area contributed by atoms with Crippen molar-refractivity contribution in [3.8, 4) is 0 Å². The van der Waals surface area contributed by atoms with Gasteiger partial charge in [0.1, 0.15) is 0 Å². The van der Waals surface area contributed by atoms with Gasteiger partial charge in [0.25, 0.3) is 0 Å². The molecule has 13 heavy (non-hydrogen) atoms. The van der Waals surface area contributed by atoms with Crippen LogP contribution in [-0.2, 0) is 4.74 Å². The molecule has 0 aliphatic heterocycles. The maximum atomic E-state index is 9.77. The number of aliphatic hydroxyl groups is 1. The number of methoxy groups -OCH3 is 1. The Morgan fingerprint density at radius 1 is 1.62 bits per heavy atom. The molecule has 1 aromatic heterocycles. The molecule has 0 saturated heterocycles. The monoisotopic (exact) mass is 200 g/mol. The summed E-state index contributed by atoms with van der Waals surface area (Å²) in [7, 11) is 1.68. The van der Waals surface area contributed by atoms with Gasteiger partial charge in [-0.2, -0.15) is 0 Å². The van der Waals surface area contributed by atoms with Crippen molar-refractivity contribution in [2.75, 3.05) is 13.7 Å². The van der Waals surface area contributed by atoms with E-state index >= 15 is 0 Å². The summed E-state index contributed by atoms with van der Waals surface area (Å²) >= 11 is 1.62. The highest BCUT2D eigenvalue weighted by molar-refractivity contribution is 7.10. The highest BCUT2D eigenvalue weighted by atomic mass is 32.1. The number of thiophene rings is 1. The molecule has 1 atom stereocenters. The Labute approximate surface area is 83.2 Å². The fraction of sp³-hybridized carbons (Fsp3) is 0.600. The first-order valence-corrected chi connectivity index (χ1v) is 5.34. The fourth-order valence-corrected chi connectivity index (χ4v) is 2.23. The molecule has 1 N–H and O–H groups in total. The van der Waals surface area contributed by atoms with Crippen molar-refractivity contribution in [3.05, 3.63) is 21.9 Å². The predicted octanol–water partition coefficient (Wildman–Crippen LogP) is 2.52. The Balaban J connectivity index is 2.39. The molecule has 0 amide bonds. The quantitative estimate of drug-likeness (QED) is 0.740. The second-order valence-electron chi connectivity index (χ2n) is 3.12. The Morgan fingerprint density at radius 3 is 2.92 bits per heavy atom. The molecule has 74 valence electrons. The summed E-state index contributed by atoms with van der Waals surface area (Å²) in [4.78, 5) is 1.09. The second-order valence-corrected chi connectivity index (χ2v) is 4.07. The molecule has 0 bridgehead atoms. The minimum absolute atomic E-state index is 0.310. The van der Waals surface area contributed by atoms with Crippen LogP contribution in [0.3, 0.4) is 0 Å². The topological polar surface area (TPSA) is 29.5 Å². The minimum Gasteiger partial charge on any atom is -0.388 e. The van der Waals surface area contributed by atoms with E-state index in [2.05, 4.69) is 0 Å². The van der Waals surface area contributed by atoms with Crippen molar-refractivity contribution in [1.29, 1.82) is 0 Å². The van der Waals surface area contributed by atoms with Gasteiger partial charge in [0, 0.05) is 18.6 Å². The zero-order chi connectivity index (χ0) is 9.68. The van der Waals surface area contributed by atoms with Gasteiger partial charge in [0.05, 0.1) is 6.10 Å². The van der Waals surface area contributed by atoms with Crippen LogP contribution in [0.1, 0.15) is 29.4 Å². The summed E-state index contributed by atoms with van der Waals surface area (Å²) < 4.78 is 4.93. The number of hydrogen-bond acceptors (Lipinski definition) is 3.